The molecule has 28 heavy (non-hydrogen) atoms. The number of alkyl halides is 3. The van der Waals surface area contributed by atoms with Crippen LogP contribution in [-0.2, 0) is 6.18 Å². The predicted molar refractivity (Wildman–Crippen MR) is 98.3 cm³/mol. The molecule has 0 atom stereocenters. The van der Waals surface area contributed by atoms with Crippen LogP contribution in [-0.4, -0.2) is 41.1 Å². The monoisotopic (exact) mass is 392 g/mol. The van der Waals surface area contributed by atoms with Crippen LogP contribution in [0.1, 0.15) is 24.1 Å². The van der Waals surface area contributed by atoms with E-state index in [1.807, 2.05) is 6.07 Å². The van der Waals surface area contributed by atoms with E-state index in [1.165, 1.54) is 13.2 Å². The fraction of sp³-hybridized carbons (Fsp3) is 0.412. The summed E-state index contributed by atoms with van der Waals surface area (Å²) in [6.07, 6.45) is -0.608. The summed E-state index contributed by atoms with van der Waals surface area (Å²) in [5.41, 5.74) is 0.303. The Balaban J connectivity index is 1.82. The third-order valence-corrected chi connectivity index (χ3v) is 4.28. The van der Waals surface area contributed by atoms with Crippen LogP contribution in [0.5, 0.6) is 0 Å². The van der Waals surface area contributed by atoms with E-state index in [0.29, 0.717) is 17.6 Å². The first kappa shape index (κ1) is 19.6. The van der Waals surface area contributed by atoms with Crippen molar-refractivity contribution in [3.63, 3.8) is 0 Å². The highest BCUT2D eigenvalue weighted by atomic mass is 19.4. The van der Waals surface area contributed by atoms with Gasteiger partial charge in [-0.05, 0) is 32.0 Å². The average Bonchev–Trinajstić information content (AvgIpc) is 2.68. The SMILES string of the molecule is CNc1nc(Nc2cnc(C#N)c(NC3CCNCC3)c2)ncc1C(F)(F)F. The lowest BCUT2D eigenvalue weighted by Crippen LogP contribution is -2.35. The van der Waals surface area contributed by atoms with Gasteiger partial charge < -0.3 is 21.3 Å². The Kier molecular flexibility index (Phi) is 5.79. The molecule has 1 aliphatic rings. The normalized spacial score (nSPS) is 15.0. The zero-order valence-electron chi connectivity index (χ0n) is 15.1. The minimum atomic E-state index is -4.56. The number of rotatable bonds is 5. The van der Waals surface area contributed by atoms with Crippen LogP contribution in [0, 0.1) is 11.3 Å². The molecule has 2 aromatic heterocycles. The number of anilines is 4. The maximum atomic E-state index is 13.0. The van der Waals surface area contributed by atoms with Crippen molar-refractivity contribution in [1.82, 2.24) is 20.3 Å². The van der Waals surface area contributed by atoms with Crippen molar-refractivity contribution in [2.45, 2.75) is 25.1 Å². The standard InChI is InChI=1S/C17H19F3N8/c1-22-15-12(17(18,19)20)9-25-16(28-15)27-11-6-13(14(7-21)24-8-11)26-10-2-4-23-5-3-10/h6,8-10,23,26H,2-5H2,1H3,(H2,22,25,27,28). The van der Waals surface area contributed by atoms with Gasteiger partial charge in [0.1, 0.15) is 17.5 Å². The smallest absolute Gasteiger partial charge is 0.380 e. The first-order valence-corrected chi connectivity index (χ1v) is 8.67. The third-order valence-electron chi connectivity index (χ3n) is 4.28. The number of pyridine rings is 1. The van der Waals surface area contributed by atoms with E-state index in [1.54, 1.807) is 6.07 Å². The minimum Gasteiger partial charge on any atom is -0.380 e. The fourth-order valence-corrected chi connectivity index (χ4v) is 2.89. The van der Waals surface area contributed by atoms with Crippen molar-refractivity contribution in [3.05, 3.63) is 29.7 Å². The molecule has 0 saturated carbocycles. The summed E-state index contributed by atoms with van der Waals surface area (Å²) >= 11 is 0. The van der Waals surface area contributed by atoms with Gasteiger partial charge in [0.05, 0.1) is 17.6 Å². The molecular weight excluding hydrogens is 373 g/mol. The Morgan fingerprint density at radius 1 is 1.21 bits per heavy atom. The molecule has 2 aromatic rings. The molecule has 0 aromatic carbocycles. The molecule has 0 spiro atoms. The second-order valence-electron chi connectivity index (χ2n) is 6.23. The molecule has 1 aliphatic heterocycles. The molecule has 11 heteroatoms. The average molecular weight is 392 g/mol. The first-order chi connectivity index (χ1) is 13.4. The van der Waals surface area contributed by atoms with Crippen LogP contribution in [0.15, 0.2) is 18.5 Å². The number of hydrogen-bond acceptors (Lipinski definition) is 8. The molecule has 0 radical (unpaired) electrons. The highest BCUT2D eigenvalue weighted by molar-refractivity contribution is 5.65. The zero-order valence-corrected chi connectivity index (χ0v) is 15.1. The summed E-state index contributed by atoms with van der Waals surface area (Å²) in [6.45, 7) is 1.77. The maximum absolute atomic E-state index is 13.0. The maximum Gasteiger partial charge on any atom is 0.421 e. The van der Waals surface area contributed by atoms with E-state index in [9.17, 15) is 18.4 Å². The van der Waals surface area contributed by atoms with Gasteiger partial charge in [0, 0.05) is 19.3 Å². The predicted octanol–water partition coefficient (Wildman–Crippen LogP) is 2.71. The summed E-state index contributed by atoms with van der Waals surface area (Å²) < 4.78 is 38.9. The van der Waals surface area contributed by atoms with Crippen LogP contribution in [0.2, 0.25) is 0 Å². The summed E-state index contributed by atoms with van der Waals surface area (Å²) in [7, 11) is 1.35. The van der Waals surface area contributed by atoms with E-state index in [2.05, 4.69) is 36.2 Å². The summed E-state index contributed by atoms with van der Waals surface area (Å²) in [5, 5.41) is 21.1. The van der Waals surface area contributed by atoms with Gasteiger partial charge in [-0.3, -0.25) is 0 Å². The van der Waals surface area contributed by atoms with Crippen LogP contribution in [0.25, 0.3) is 0 Å². The first-order valence-electron chi connectivity index (χ1n) is 8.67. The quantitative estimate of drug-likeness (QED) is 0.615. The highest BCUT2D eigenvalue weighted by Crippen LogP contribution is 2.34. The van der Waals surface area contributed by atoms with Crippen molar-refractivity contribution < 1.29 is 13.2 Å². The van der Waals surface area contributed by atoms with E-state index >= 15 is 0 Å². The molecule has 0 unspecified atom stereocenters. The molecule has 0 aliphatic carbocycles. The molecule has 3 heterocycles. The Labute approximate surface area is 159 Å². The zero-order chi connectivity index (χ0) is 20.1. The van der Waals surface area contributed by atoms with E-state index in [4.69, 9.17) is 0 Å². The number of nitrogens with zero attached hydrogens (tertiary/aromatic N) is 4. The van der Waals surface area contributed by atoms with Crippen molar-refractivity contribution in [3.8, 4) is 6.07 Å². The van der Waals surface area contributed by atoms with Crippen molar-refractivity contribution >= 4 is 23.1 Å². The number of nitriles is 1. The van der Waals surface area contributed by atoms with E-state index in [0.717, 1.165) is 25.9 Å². The minimum absolute atomic E-state index is 0.0170. The van der Waals surface area contributed by atoms with Gasteiger partial charge in [-0.25, -0.2) is 9.97 Å². The van der Waals surface area contributed by atoms with Gasteiger partial charge in [-0.2, -0.15) is 23.4 Å². The summed E-state index contributed by atoms with van der Waals surface area (Å²) in [4.78, 5) is 11.7. The molecule has 8 nitrogen and oxygen atoms in total. The number of hydrogen-bond donors (Lipinski definition) is 4. The van der Waals surface area contributed by atoms with Crippen molar-refractivity contribution in [2.24, 2.45) is 0 Å². The molecule has 0 amide bonds. The van der Waals surface area contributed by atoms with Gasteiger partial charge in [0.2, 0.25) is 5.95 Å². The molecule has 1 fully saturated rings. The second kappa shape index (κ2) is 8.26. The van der Waals surface area contributed by atoms with Crippen molar-refractivity contribution in [1.29, 1.82) is 5.26 Å². The Morgan fingerprint density at radius 3 is 2.61 bits per heavy atom. The van der Waals surface area contributed by atoms with Crippen molar-refractivity contribution in [2.75, 3.05) is 36.1 Å². The topological polar surface area (TPSA) is 111 Å². The molecular formula is C17H19F3N8. The second-order valence-corrected chi connectivity index (χ2v) is 6.23. The van der Waals surface area contributed by atoms with Gasteiger partial charge in [-0.1, -0.05) is 0 Å². The van der Waals surface area contributed by atoms with Crippen LogP contribution < -0.4 is 21.3 Å². The number of nitrogens with one attached hydrogen (secondary N) is 4. The summed E-state index contributed by atoms with van der Waals surface area (Å²) in [5.74, 6) is -0.351. The Bertz CT molecular complexity index is 872. The largest absolute Gasteiger partial charge is 0.421 e. The molecule has 4 N–H and O–H groups in total. The highest BCUT2D eigenvalue weighted by Gasteiger charge is 2.35. The molecule has 148 valence electrons. The Morgan fingerprint density at radius 2 is 1.96 bits per heavy atom. The van der Waals surface area contributed by atoms with Gasteiger partial charge in [0.25, 0.3) is 0 Å². The van der Waals surface area contributed by atoms with Crippen LogP contribution in [0.4, 0.5) is 36.3 Å². The molecule has 1 saturated heterocycles. The van der Waals surface area contributed by atoms with Crippen LogP contribution in [0.3, 0.4) is 0 Å². The molecule has 3 rings (SSSR count). The Hall–Kier alpha value is -3.13. The summed E-state index contributed by atoms with van der Waals surface area (Å²) in [6, 6.07) is 3.92. The fourth-order valence-electron chi connectivity index (χ4n) is 2.89. The third kappa shape index (κ3) is 4.58. The van der Waals surface area contributed by atoms with Gasteiger partial charge in [0.15, 0.2) is 5.69 Å². The van der Waals surface area contributed by atoms with E-state index in [-0.39, 0.29) is 23.5 Å². The lowest BCUT2D eigenvalue weighted by Gasteiger charge is -2.25. The number of piperidine rings is 1. The molecule has 0 bridgehead atoms. The lowest BCUT2D eigenvalue weighted by molar-refractivity contribution is -0.137. The lowest BCUT2D eigenvalue weighted by atomic mass is 10.1. The van der Waals surface area contributed by atoms with E-state index < -0.39 is 11.7 Å². The van der Waals surface area contributed by atoms with Gasteiger partial charge in [-0.15, -0.1) is 0 Å². The number of halogens is 3. The van der Waals surface area contributed by atoms with Crippen LogP contribution >= 0.6 is 0 Å². The number of aromatic nitrogens is 3. The van der Waals surface area contributed by atoms with Gasteiger partial charge >= 0.3 is 6.18 Å².